The molecule has 1 fully saturated rings. The Morgan fingerprint density at radius 3 is 2.83 bits per heavy atom. The number of carboxylic acid groups (broad SMARTS) is 1. The van der Waals surface area contributed by atoms with Gasteiger partial charge in [0.1, 0.15) is 0 Å². The van der Waals surface area contributed by atoms with Gasteiger partial charge >= 0.3 is 5.97 Å². The molecule has 4 N–H and O–H groups in total. The monoisotopic (exact) mass is 248 g/mol. The molecule has 2 rings (SSSR count). The van der Waals surface area contributed by atoms with E-state index < -0.39 is 5.97 Å². The third-order valence-electron chi connectivity index (χ3n) is 3.59. The molecule has 0 aromatic heterocycles. The van der Waals surface area contributed by atoms with E-state index in [0.29, 0.717) is 11.7 Å². The van der Waals surface area contributed by atoms with Crippen molar-refractivity contribution in [2.45, 2.75) is 38.6 Å². The Bertz CT molecular complexity index is 445. The molecule has 0 radical (unpaired) electrons. The lowest BCUT2D eigenvalue weighted by molar-refractivity contribution is 0.0697. The van der Waals surface area contributed by atoms with E-state index in [1.54, 1.807) is 12.1 Å². The van der Waals surface area contributed by atoms with Crippen molar-refractivity contribution < 1.29 is 9.90 Å². The van der Waals surface area contributed by atoms with Crippen LogP contribution in [0.2, 0.25) is 0 Å². The molecule has 0 amide bonds. The topological polar surface area (TPSA) is 75.3 Å². The molecule has 0 spiro atoms. The maximum atomic E-state index is 10.8. The zero-order valence-corrected chi connectivity index (χ0v) is 10.6. The van der Waals surface area contributed by atoms with Crippen molar-refractivity contribution in [3.63, 3.8) is 0 Å². The van der Waals surface area contributed by atoms with Crippen molar-refractivity contribution in [3.05, 3.63) is 23.8 Å². The van der Waals surface area contributed by atoms with Crippen molar-refractivity contribution in [1.29, 1.82) is 0 Å². The highest BCUT2D eigenvalue weighted by atomic mass is 16.4. The van der Waals surface area contributed by atoms with Crippen LogP contribution in [0.3, 0.4) is 0 Å². The van der Waals surface area contributed by atoms with Crippen molar-refractivity contribution >= 4 is 17.3 Å². The summed E-state index contributed by atoms with van der Waals surface area (Å²) in [5, 5.41) is 12.3. The van der Waals surface area contributed by atoms with Gasteiger partial charge in [-0.25, -0.2) is 4.79 Å². The van der Waals surface area contributed by atoms with Crippen LogP contribution in [0.5, 0.6) is 0 Å². The first-order chi connectivity index (χ1) is 8.56. The largest absolute Gasteiger partial charge is 0.478 e. The van der Waals surface area contributed by atoms with Crippen molar-refractivity contribution in [3.8, 4) is 0 Å². The predicted molar refractivity (Wildman–Crippen MR) is 72.9 cm³/mol. The molecule has 0 bridgehead atoms. The summed E-state index contributed by atoms with van der Waals surface area (Å²) in [4.78, 5) is 10.8. The summed E-state index contributed by atoms with van der Waals surface area (Å²) >= 11 is 0. The lowest BCUT2D eigenvalue weighted by Crippen LogP contribution is -2.26. The average molecular weight is 248 g/mol. The Hall–Kier alpha value is -1.71. The summed E-state index contributed by atoms with van der Waals surface area (Å²) in [6.07, 6.45) is 4.85. The smallest absolute Gasteiger partial charge is 0.335 e. The Morgan fingerprint density at radius 2 is 2.22 bits per heavy atom. The van der Waals surface area contributed by atoms with Crippen molar-refractivity contribution in [1.82, 2.24) is 0 Å². The van der Waals surface area contributed by atoms with Crippen molar-refractivity contribution in [2.24, 2.45) is 5.92 Å². The van der Waals surface area contributed by atoms with Crippen LogP contribution >= 0.6 is 0 Å². The fourth-order valence-corrected chi connectivity index (χ4v) is 2.61. The van der Waals surface area contributed by atoms with Gasteiger partial charge in [0.15, 0.2) is 0 Å². The Kier molecular flexibility index (Phi) is 3.75. The number of carbonyl (C=O) groups is 1. The number of nitrogens with two attached hydrogens (primary N) is 1. The van der Waals surface area contributed by atoms with Gasteiger partial charge in [0, 0.05) is 6.04 Å². The molecular weight excluding hydrogens is 228 g/mol. The van der Waals surface area contributed by atoms with Gasteiger partial charge in [-0.05, 0) is 37.0 Å². The highest BCUT2D eigenvalue weighted by Gasteiger charge is 2.19. The summed E-state index contributed by atoms with van der Waals surface area (Å²) in [5.41, 5.74) is 7.47. The standard InChI is InChI=1S/C14H20N2O2/c1-9-3-2-4-11(7-9)16-13-6-5-10(14(17)18)8-12(13)15/h5-6,8-9,11,16H,2-4,7,15H2,1H3,(H,17,18). The second-order valence-corrected chi connectivity index (χ2v) is 5.22. The lowest BCUT2D eigenvalue weighted by atomic mass is 9.87. The molecule has 1 saturated carbocycles. The van der Waals surface area contributed by atoms with Gasteiger partial charge in [0.2, 0.25) is 0 Å². The predicted octanol–water partition coefficient (Wildman–Crippen LogP) is 2.96. The minimum atomic E-state index is -0.945. The first-order valence-electron chi connectivity index (χ1n) is 6.45. The van der Waals surface area contributed by atoms with E-state index in [9.17, 15) is 4.79 Å². The number of aromatic carboxylic acids is 1. The Morgan fingerprint density at radius 1 is 1.44 bits per heavy atom. The van der Waals surface area contributed by atoms with Gasteiger partial charge in [-0.3, -0.25) is 0 Å². The normalized spacial score (nSPS) is 23.6. The summed E-state index contributed by atoms with van der Waals surface area (Å²) in [7, 11) is 0. The van der Waals surface area contributed by atoms with E-state index in [-0.39, 0.29) is 5.56 Å². The van der Waals surface area contributed by atoms with Crippen LogP contribution in [0, 0.1) is 5.92 Å². The molecule has 0 saturated heterocycles. The van der Waals surface area contributed by atoms with E-state index in [4.69, 9.17) is 10.8 Å². The van der Waals surface area contributed by atoms with Crippen LogP contribution in [-0.2, 0) is 0 Å². The zero-order chi connectivity index (χ0) is 13.1. The highest BCUT2D eigenvalue weighted by Crippen LogP contribution is 2.28. The molecule has 1 aromatic rings. The minimum Gasteiger partial charge on any atom is -0.478 e. The zero-order valence-electron chi connectivity index (χ0n) is 10.6. The molecule has 4 nitrogen and oxygen atoms in total. The Labute approximate surface area is 107 Å². The number of benzene rings is 1. The molecule has 1 aromatic carbocycles. The maximum Gasteiger partial charge on any atom is 0.335 e. The van der Waals surface area contributed by atoms with Gasteiger partial charge in [0.05, 0.1) is 16.9 Å². The highest BCUT2D eigenvalue weighted by molar-refractivity contribution is 5.90. The van der Waals surface area contributed by atoms with Crippen molar-refractivity contribution in [2.75, 3.05) is 11.1 Å². The van der Waals surface area contributed by atoms with Crippen LogP contribution in [0.4, 0.5) is 11.4 Å². The van der Waals surface area contributed by atoms with Crippen LogP contribution in [0.15, 0.2) is 18.2 Å². The first kappa shape index (κ1) is 12.7. The summed E-state index contributed by atoms with van der Waals surface area (Å²) < 4.78 is 0. The molecule has 98 valence electrons. The van der Waals surface area contributed by atoms with Gasteiger partial charge in [-0.1, -0.05) is 19.8 Å². The average Bonchev–Trinajstić information content (AvgIpc) is 2.31. The number of hydrogen-bond donors (Lipinski definition) is 3. The molecule has 0 heterocycles. The molecule has 1 aliphatic rings. The van der Waals surface area contributed by atoms with Crippen LogP contribution < -0.4 is 11.1 Å². The van der Waals surface area contributed by atoms with Gasteiger partial charge in [-0.15, -0.1) is 0 Å². The van der Waals surface area contributed by atoms with E-state index in [1.807, 2.05) is 0 Å². The summed E-state index contributed by atoms with van der Waals surface area (Å²) in [5.74, 6) is -0.199. The Balaban J connectivity index is 2.07. The third-order valence-corrected chi connectivity index (χ3v) is 3.59. The van der Waals surface area contributed by atoms with E-state index in [1.165, 1.54) is 18.9 Å². The number of carboxylic acids is 1. The van der Waals surface area contributed by atoms with Crippen LogP contribution in [-0.4, -0.2) is 17.1 Å². The first-order valence-corrected chi connectivity index (χ1v) is 6.45. The quantitative estimate of drug-likeness (QED) is 0.719. The molecular formula is C14H20N2O2. The summed E-state index contributed by atoms with van der Waals surface area (Å²) in [6.45, 7) is 2.27. The molecule has 2 unspecified atom stereocenters. The number of hydrogen-bond acceptors (Lipinski definition) is 3. The van der Waals surface area contributed by atoms with Gasteiger partial charge in [-0.2, -0.15) is 0 Å². The SMILES string of the molecule is CC1CCCC(Nc2ccc(C(=O)O)cc2N)C1. The molecule has 18 heavy (non-hydrogen) atoms. The number of anilines is 2. The number of nitrogens with one attached hydrogen (secondary N) is 1. The van der Waals surface area contributed by atoms with Crippen LogP contribution in [0.1, 0.15) is 43.0 Å². The molecule has 1 aliphatic carbocycles. The number of nitrogen functional groups attached to an aromatic ring is 1. The molecule has 0 aliphatic heterocycles. The molecule has 2 atom stereocenters. The molecule has 4 heteroatoms. The fraction of sp³-hybridized carbons (Fsp3) is 0.500. The lowest BCUT2D eigenvalue weighted by Gasteiger charge is -2.28. The van der Waals surface area contributed by atoms with Crippen LogP contribution in [0.25, 0.3) is 0 Å². The second-order valence-electron chi connectivity index (χ2n) is 5.22. The second kappa shape index (κ2) is 5.29. The summed E-state index contributed by atoms with van der Waals surface area (Å²) in [6, 6.07) is 5.31. The van der Waals surface area contributed by atoms with E-state index >= 15 is 0 Å². The third kappa shape index (κ3) is 2.94. The van der Waals surface area contributed by atoms with E-state index in [2.05, 4.69) is 12.2 Å². The van der Waals surface area contributed by atoms with E-state index in [0.717, 1.165) is 24.4 Å². The number of rotatable bonds is 3. The van der Waals surface area contributed by atoms with Gasteiger partial charge < -0.3 is 16.2 Å². The van der Waals surface area contributed by atoms with Gasteiger partial charge in [0.25, 0.3) is 0 Å². The maximum absolute atomic E-state index is 10.8. The minimum absolute atomic E-state index is 0.232. The fourth-order valence-electron chi connectivity index (χ4n) is 2.61.